The second kappa shape index (κ2) is 5.78. The van der Waals surface area contributed by atoms with Crippen LogP contribution in [-0.2, 0) is 0 Å². The molecule has 1 N–H and O–H groups in total. The molecular weight excluding hydrogens is 304 g/mol. The maximum Gasteiger partial charge on any atom is 0.257 e. The molecule has 2 unspecified atom stereocenters. The van der Waals surface area contributed by atoms with Crippen LogP contribution in [0.25, 0.3) is 0 Å². The van der Waals surface area contributed by atoms with Crippen molar-refractivity contribution in [1.29, 1.82) is 0 Å². The molecule has 5 heteroatoms. The normalized spacial score (nSPS) is 23.1. The van der Waals surface area contributed by atoms with Crippen molar-refractivity contribution in [3.8, 4) is 0 Å². The van der Waals surface area contributed by atoms with Crippen LogP contribution in [0.15, 0.2) is 18.2 Å². The zero-order valence-electron chi connectivity index (χ0n) is 9.76. The van der Waals surface area contributed by atoms with Gasteiger partial charge in [-0.05, 0) is 37.3 Å². The predicted octanol–water partition coefficient (Wildman–Crippen LogP) is 3.26. The van der Waals surface area contributed by atoms with Crippen molar-refractivity contribution in [2.24, 2.45) is 5.92 Å². The first kappa shape index (κ1) is 13.5. The largest absolute Gasteiger partial charge is 0.352 e. The van der Waals surface area contributed by atoms with Gasteiger partial charge in [0.25, 0.3) is 5.91 Å². The van der Waals surface area contributed by atoms with E-state index in [0.29, 0.717) is 17.3 Å². The summed E-state index contributed by atoms with van der Waals surface area (Å²) in [6.07, 6.45) is 3.09. The topological polar surface area (TPSA) is 29.1 Å². The Bertz CT molecular complexity index is 432. The van der Waals surface area contributed by atoms with Crippen LogP contribution in [-0.4, -0.2) is 17.3 Å². The minimum Gasteiger partial charge on any atom is -0.352 e. The molecule has 1 aliphatic rings. The molecule has 0 bridgehead atoms. The van der Waals surface area contributed by atoms with Crippen LogP contribution >= 0.6 is 15.9 Å². The number of halogens is 3. The Hall–Kier alpha value is -0.970. The minimum atomic E-state index is -0.822. The highest BCUT2D eigenvalue weighted by Gasteiger charge is 2.24. The summed E-state index contributed by atoms with van der Waals surface area (Å²) in [5.41, 5.74) is -0.495. The van der Waals surface area contributed by atoms with Gasteiger partial charge in [-0.15, -0.1) is 0 Å². The van der Waals surface area contributed by atoms with Crippen LogP contribution in [0.1, 0.15) is 29.6 Å². The lowest BCUT2D eigenvalue weighted by molar-refractivity contribution is 0.0939. The summed E-state index contributed by atoms with van der Waals surface area (Å²) in [7, 11) is 0. The van der Waals surface area contributed by atoms with Crippen LogP contribution in [0.5, 0.6) is 0 Å². The van der Waals surface area contributed by atoms with E-state index >= 15 is 0 Å². The van der Waals surface area contributed by atoms with E-state index in [0.717, 1.165) is 31.4 Å². The average Bonchev–Trinajstić information content (AvgIpc) is 2.72. The third kappa shape index (κ3) is 3.07. The SMILES string of the molecule is O=C(NCC1CCC(Br)C1)c1c(F)cccc1F. The highest BCUT2D eigenvalue weighted by atomic mass is 79.9. The molecule has 1 saturated carbocycles. The fourth-order valence-corrected chi connectivity index (χ4v) is 3.03. The number of rotatable bonds is 3. The molecule has 1 aliphatic carbocycles. The smallest absolute Gasteiger partial charge is 0.257 e. The summed E-state index contributed by atoms with van der Waals surface area (Å²) in [4.78, 5) is 12.2. The zero-order valence-corrected chi connectivity index (χ0v) is 11.3. The Kier molecular flexibility index (Phi) is 4.32. The molecule has 1 fully saturated rings. The molecule has 0 heterocycles. The summed E-state index contributed by atoms with van der Waals surface area (Å²) >= 11 is 3.52. The van der Waals surface area contributed by atoms with E-state index in [1.807, 2.05) is 0 Å². The Labute approximate surface area is 113 Å². The maximum absolute atomic E-state index is 13.4. The zero-order chi connectivity index (χ0) is 13.1. The molecule has 2 rings (SSSR count). The molecule has 2 nitrogen and oxygen atoms in total. The van der Waals surface area contributed by atoms with Crippen LogP contribution in [0.2, 0.25) is 0 Å². The second-order valence-corrected chi connectivity index (χ2v) is 5.88. The van der Waals surface area contributed by atoms with Gasteiger partial charge in [0.05, 0.1) is 0 Å². The first-order chi connectivity index (χ1) is 8.58. The third-order valence-corrected chi connectivity index (χ3v) is 4.05. The van der Waals surface area contributed by atoms with Crippen molar-refractivity contribution < 1.29 is 13.6 Å². The lowest BCUT2D eigenvalue weighted by atomic mass is 10.1. The number of benzene rings is 1. The average molecular weight is 318 g/mol. The fourth-order valence-electron chi connectivity index (χ4n) is 2.24. The van der Waals surface area contributed by atoms with Crippen molar-refractivity contribution in [2.75, 3.05) is 6.54 Å². The molecule has 0 aromatic heterocycles. The van der Waals surface area contributed by atoms with Gasteiger partial charge in [-0.1, -0.05) is 22.0 Å². The number of hydrogen-bond acceptors (Lipinski definition) is 1. The third-order valence-electron chi connectivity index (χ3n) is 3.22. The van der Waals surface area contributed by atoms with Gasteiger partial charge >= 0.3 is 0 Å². The van der Waals surface area contributed by atoms with Crippen molar-refractivity contribution in [1.82, 2.24) is 5.32 Å². The summed E-state index contributed by atoms with van der Waals surface area (Å²) in [6, 6.07) is 3.41. The van der Waals surface area contributed by atoms with E-state index in [2.05, 4.69) is 21.2 Å². The van der Waals surface area contributed by atoms with Gasteiger partial charge in [0.1, 0.15) is 17.2 Å². The van der Waals surface area contributed by atoms with Gasteiger partial charge < -0.3 is 5.32 Å². The molecule has 0 radical (unpaired) electrons. The molecule has 0 aliphatic heterocycles. The van der Waals surface area contributed by atoms with Gasteiger partial charge in [-0.3, -0.25) is 4.79 Å². The number of alkyl halides is 1. The van der Waals surface area contributed by atoms with Gasteiger partial charge in [-0.2, -0.15) is 0 Å². The number of amides is 1. The Morgan fingerprint density at radius 1 is 1.33 bits per heavy atom. The Morgan fingerprint density at radius 3 is 2.56 bits per heavy atom. The van der Waals surface area contributed by atoms with E-state index in [9.17, 15) is 13.6 Å². The van der Waals surface area contributed by atoms with Crippen molar-refractivity contribution in [2.45, 2.75) is 24.1 Å². The van der Waals surface area contributed by atoms with Crippen LogP contribution in [0, 0.1) is 17.6 Å². The molecular formula is C13H14BrF2NO. The monoisotopic (exact) mass is 317 g/mol. The van der Waals surface area contributed by atoms with E-state index < -0.39 is 23.1 Å². The van der Waals surface area contributed by atoms with Gasteiger partial charge in [0, 0.05) is 11.4 Å². The van der Waals surface area contributed by atoms with Crippen LogP contribution < -0.4 is 5.32 Å². The maximum atomic E-state index is 13.4. The van der Waals surface area contributed by atoms with E-state index in [1.54, 1.807) is 0 Å². The molecule has 1 aromatic carbocycles. The second-order valence-electron chi connectivity index (χ2n) is 4.58. The standard InChI is InChI=1S/C13H14BrF2NO/c14-9-5-4-8(6-9)7-17-13(18)12-10(15)2-1-3-11(12)16/h1-3,8-9H,4-7H2,(H,17,18). The first-order valence-corrected chi connectivity index (χ1v) is 6.85. The molecule has 2 atom stereocenters. The summed E-state index contributed by atoms with van der Waals surface area (Å²) in [5, 5.41) is 2.60. The van der Waals surface area contributed by atoms with Crippen LogP contribution in [0.4, 0.5) is 8.78 Å². The molecule has 98 valence electrons. The highest BCUT2D eigenvalue weighted by molar-refractivity contribution is 9.09. The van der Waals surface area contributed by atoms with Crippen molar-refractivity contribution >= 4 is 21.8 Å². The van der Waals surface area contributed by atoms with Crippen LogP contribution in [0.3, 0.4) is 0 Å². The van der Waals surface area contributed by atoms with Crippen molar-refractivity contribution in [3.05, 3.63) is 35.4 Å². The number of hydrogen-bond donors (Lipinski definition) is 1. The van der Waals surface area contributed by atoms with Gasteiger partial charge in [0.2, 0.25) is 0 Å². The van der Waals surface area contributed by atoms with Crippen molar-refractivity contribution in [3.63, 3.8) is 0 Å². The lowest BCUT2D eigenvalue weighted by Gasteiger charge is -2.11. The molecule has 18 heavy (non-hydrogen) atoms. The molecule has 0 saturated heterocycles. The molecule has 0 spiro atoms. The molecule has 1 aromatic rings. The summed E-state index contributed by atoms with van der Waals surface area (Å²) < 4.78 is 26.7. The minimum absolute atomic E-state index is 0.383. The Balaban J connectivity index is 1.96. The molecule has 1 amide bonds. The Morgan fingerprint density at radius 2 is 2.00 bits per heavy atom. The fraction of sp³-hybridized carbons (Fsp3) is 0.462. The van der Waals surface area contributed by atoms with Gasteiger partial charge in [-0.25, -0.2) is 8.78 Å². The van der Waals surface area contributed by atoms with E-state index in [-0.39, 0.29) is 0 Å². The number of carbonyl (C=O) groups is 1. The summed E-state index contributed by atoms with van der Waals surface area (Å²) in [5.74, 6) is -1.94. The number of carbonyl (C=O) groups excluding carboxylic acids is 1. The summed E-state index contributed by atoms with van der Waals surface area (Å²) in [6.45, 7) is 0.467. The first-order valence-electron chi connectivity index (χ1n) is 5.94. The quantitative estimate of drug-likeness (QED) is 0.852. The predicted molar refractivity (Wildman–Crippen MR) is 68.7 cm³/mol. The lowest BCUT2D eigenvalue weighted by Crippen LogP contribution is -2.30. The number of nitrogens with one attached hydrogen (secondary N) is 1. The van der Waals surface area contributed by atoms with E-state index in [1.165, 1.54) is 6.07 Å². The van der Waals surface area contributed by atoms with Gasteiger partial charge in [0.15, 0.2) is 0 Å². The van der Waals surface area contributed by atoms with E-state index in [4.69, 9.17) is 0 Å². The highest BCUT2D eigenvalue weighted by Crippen LogP contribution is 2.30.